The Morgan fingerprint density at radius 3 is 2.68 bits per heavy atom. The zero-order valence-corrected chi connectivity index (χ0v) is 12.4. The van der Waals surface area contributed by atoms with Crippen LogP contribution in [0.1, 0.15) is 32.3 Å². The third-order valence-corrected chi connectivity index (χ3v) is 3.64. The molecule has 1 aliphatic heterocycles. The highest BCUT2D eigenvalue weighted by atomic mass is 16.5. The van der Waals surface area contributed by atoms with E-state index in [0.29, 0.717) is 12.1 Å². The molecule has 0 radical (unpaired) electrons. The van der Waals surface area contributed by atoms with Gasteiger partial charge in [0.1, 0.15) is 5.75 Å². The second kappa shape index (κ2) is 6.92. The molecular weight excluding hydrogens is 236 g/mol. The summed E-state index contributed by atoms with van der Waals surface area (Å²) < 4.78 is 5.20. The summed E-state index contributed by atoms with van der Waals surface area (Å²) in [6.07, 6.45) is 2.60. The molecule has 3 nitrogen and oxygen atoms in total. The second-order valence-electron chi connectivity index (χ2n) is 5.74. The van der Waals surface area contributed by atoms with Crippen LogP contribution in [-0.4, -0.2) is 37.2 Å². The van der Waals surface area contributed by atoms with E-state index >= 15 is 0 Å². The molecule has 3 heteroatoms. The highest BCUT2D eigenvalue weighted by Crippen LogP contribution is 2.16. The SMILES string of the molecule is COc1ccc(CN2CCCC(NC(C)C)C2)cc1. The highest BCUT2D eigenvalue weighted by Gasteiger charge is 2.20. The molecule has 106 valence electrons. The zero-order chi connectivity index (χ0) is 13.7. The first kappa shape index (κ1) is 14.4. The Hall–Kier alpha value is -1.06. The summed E-state index contributed by atoms with van der Waals surface area (Å²) in [5.41, 5.74) is 1.37. The van der Waals surface area contributed by atoms with E-state index in [9.17, 15) is 0 Å². The van der Waals surface area contributed by atoms with E-state index in [1.54, 1.807) is 7.11 Å². The van der Waals surface area contributed by atoms with Gasteiger partial charge < -0.3 is 10.1 Å². The fraction of sp³-hybridized carbons (Fsp3) is 0.625. The lowest BCUT2D eigenvalue weighted by molar-refractivity contribution is 0.178. The van der Waals surface area contributed by atoms with Crippen molar-refractivity contribution < 1.29 is 4.74 Å². The third-order valence-electron chi connectivity index (χ3n) is 3.64. The fourth-order valence-corrected chi connectivity index (χ4v) is 2.80. The van der Waals surface area contributed by atoms with Crippen molar-refractivity contribution in [2.75, 3.05) is 20.2 Å². The van der Waals surface area contributed by atoms with E-state index < -0.39 is 0 Å². The van der Waals surface area contributed by atoms with Crippen molar-refractivity contribution in [2.45, 2.75) is 45.3 Å². The van der Waals surface area contributed by atoms with Crippen molar-refractivity contribution >= 4 is 0 Å². The van der Waals surface area contributed by atoms with E-state index in [1.807, 2.05) is 12.1 Å². The molecule has 1 aliphatic rings. The van der Waals surface area contributed by atoms with Gasteiger partial charge in [-0.15, -0.1) is 0 Å². The number of rotatable bonds is 5. The Labute approximate surface area is 116 Å². The van der Waals surface area contributed by atoms with Gasteiger partial charge in [0, 0.05) is 25.2 Å². The molecule has 1 unspecified atom stereocenters. The first-order valence-electron chi connectivity index (χ1n) is 7.28. The molecule has 1 saturated heterocycles. The maximum atomic E-state index is 5.20. The van der Waals surface area contributed by atoms with Crippen LogP contribution >= 0.6 is 0 Å². The Morgan fingerprint density at radius 2 is 2.05 bits per heavy atom. The van der Waals surface area contributed by atoms with Crippen molar-refractivity contribution in [2.24, 2.45) is 0 Å². The van der Waals surface area contributed by atoms with Crippen LogP contribution < -0.4 is 10.1 Å². The van der Waals surface area contributed by atoms with Crippen LogP contribution in [0.3, 0.4) is 0 Å². The number of piperidine rings is 1. The number of nitrogens with one attached hydrogen (secondary N) is 1. The number of hydrogen-bond acceptors (Lipinski definition) is 3. The van der Waals surface area contributed by atoms with Gasteiger partial charge in [-0.25, -0.2) is 0 Å². The molecule has 0 spiro atoms. The van der Waals surface area contributed by atoms with Crippen LogP contribution in [0.25, 0.3) is 0 Å². The number of nitrogens with zero attached hydrogens (tertiary/aromatic N) is 1. The minimum Gasteiger partial charge on any atom is -0.497 e. The maximum absolute atomic E-state index is 5.20. The highest BCUT2D eigenvalue weighted by molar-refractivity contribution is 5.27. The van der Waals surface area contributed by atoms with Crippen LogP contribution in [0.5, 0.6) is 5.75 Å². The Kier molecular flexibility index (Phi) is 5.23. The zero-order valence-electron chi connectivity index (χ0n) is 12.4. The molecule has 0 amide bonds. The average Bonchev–Trinajstić information content (AvgIpc) is 2.39. The van der Waals surface area contributed by atoms with Gasteiger partial charge in [0.25, 0.3) is 0 Å². The lowest BCUT2D eigenvalue weighted by Crippen LogP contribution is -2.47. The summed E-state index contributed by atoms with van der Waals surface area (Å²) in [4.78, 5) is 2.55. The molecule has 0 bridgehead atoms. The van der Waals surface area contributed by atoms with Crippen molar-refractivity contribution in [3.63, 3.8) is 0 Å². The van der Waals surface area contributed by atoms with Crippen molar-refractivity contribution in [3.8, 4) is 5.75 Å². The lowest BCUT2D eigenvalue weighted by Gasteiger charge is -2.34. The molecule has 1 aromatic rings. The normalized spacial score (nSPS) is 20.7. The van der Waals surface area contributed by atoms with Gasteiger partial charge in [-0.05, 0) is 37.1 Å². The molecule has 1 aromatic carbocycles. The number of hydrogen-bond donors (Lipinski definition) is 1. The number of benzene rings is 1. The van der Waals surface area contributed by atoms with Crippen molar-refractivity contribution in [1.29, 1.82) is 0 Å². The molecule has 1 fully saturated rings. The molecule has 1 atom stereocenters. The van der Waals surface area contributed by atoms with E-state index in [-0.39, 0.29) is 0 Å². The smallest absolute Gasteiger partial charge is 0.118 e. The van der Waals surface area contributed by atoms with Crippen LogP contribution in [0.2, 0.25) is 0 Å². The van der Waals surface area contributed by atoms with Crippen molar-refractivity contribution in [3.05, 3.63) is 29.8 Å². The summed E-state index contributed by atoms with van der Waals surface area (Å²) in [6.45, 7) is 7.86. The minimum absolute atomic E-state index is 0.575. The largest absolute Gasteiger partial charge is 0.497 e. The topological polar surface area (TPSA) is 24.5 Å². The number of likely N-dealkylation sites (tertiary alicyclic amines) is 1. The standard InChI is InChI=1S/C16H26N2O/c1-13(2)17-15-5-4-10-18(12-15)11-14-6-8-16(19-3)9-7-14/h6-9,13,15,17H,4-5,10-12H2,1-3H3. The van der Waals surface area contributed by atoms with E-state index in [4.69, 9.17) is 4.74 Å². The first-order chi connectivity index (χ1) is 9.17. The molecule has 1 N–H and O–H groups in total. The van der Waals surface area contributed by atoms with Gasteiger partial charge in [0.2, 0.25) is 0 Å². The van der Waals surface area contributed by atoms with Gasteiger partial charge >= 0.3 is 0 Å². The van der Waals surface area contributed by atoms with Crippen LogP contribution in [0.15, 0.2) is 24.3 Å². The predicted molar refractivity (Wildman–Crippen MR) is 79.6 cm³/mol. The van der Waals surface area contributed by atoms with E-state index in [0.717, 1.165) is 18.8 Å². The number of ether oxygens (including phenoxy) is 1. The van der Waals surface area contributed by atoms with E-state index in [2.05, 4.69) is 36.2 Å². The van der Waals surface area contributed by atoms with E-state index in [1.165, 1.54) is 24.9 Å². The van der Waals surface area contributed by atoms with Gasteiger partial charge in [-0.3, -0.25) is 4.90 Å². The molecular formula is C16H26N2O. The van der Waals surface area contributed by atoms with Gasteiger partial charge in [-0.2, -0.15) is 0 Å². The monoisotopic (exact) mass is 262 g/mol. The molecule has 0 saturated carbocycles. The summed E-state index contributed by atoms with van der Waals surface area (Å²) in [7, 11) is 1.71. The lowest BCUT2D eigenvalue weighted by atomic mass is 10.0. The predicted octanol–water partition coefficient (Wildman–Crippen LogP) is 2.66. The Morgan fingerprint density at radius 1 is 1.32 bits per heavy atom. The summed E-state index contributed by atoms with van der Waals surface area (Å²) >= 11 is 0. The fourth-order valence-electron chi connectivity index (χ4n) is 2.80. The number of methoxy groups -OCH3 is 1. The van der Waals surface area contributed by atoms with Gasteiger partial charge in [0.15, 0.2) is 0 Å². The Bertz CT molecular complexity index is 375. The summed E-state index contributed by atoms with van der Waals surface area (Å²) in [5, 5.41) is 3.65. The van der Waals surface area contributed by atoms with Gasteiger partial charge in [-0.1, -0.05) is 26.0 Å². The summed E-state index contributed by atoms with van der Waals surface area (Å²) in [6, 6.07) is 9.64. The molecule has 2 rings (SSSR count). The second-order valence-corrected chi connectivity index (χ2v) is 5.74. The molecule has 19 heavy (non-hydrogen) atoms. The third kappa shape index (κ3) is 4.51. The van der Waals surface area contributed by atoms with Gasteiger partial charge in [0.05, 0.1) is 7.11 Å². The molecule has 1 heterocycles. The summed E-state index contributed by atoms with van der Waals surface area (Å²) in [5.74, 6) is 0.932. The van der Waals surface area contributed by atoms with Crippen LogP contribution in [0, 0.1) is 0 Å². The maximum Gasteiger partial charge on any atom is 0.118 e. The first-order valence-corrected chi connectivity index (χ1v) is 7.28. The van der Waals surface area contributed by atoms with Crippen LogP contribution in [0.4, 0.5) is 0 Å². The quantitative estimate of drug-likeness (QED) is 0.883. The van der Waals surface area contributed by atoms with Crippen molar-refractivity contribution in [1.82, 2.24) is 10.2 Å². The molecule has 0 aliphatic carbocycles. The Balaban J connectivity index is 1.87. The average molecular weight is 262 g/mol. The van der Waals surface area contributed by atoms with Crippen LogP contribution in [-0.2, 0) is 6.54 Å². The minimum atomic E-state index is 0.575. The molecule has 0 aromatic heterocycles.